The van der Waals surface area contributed by atoms with Crippen LogP contribution in [0.25, 0.3) is 0 Å². The lowest BCUT2D eigenvalue weighted by atomic mass is 10.2. The minimum atomic E-state index is -0.861. The number of carbonyl (C=O) groups is 1. The number of hydrogen-bond donors (Lipinski definition) is 2. The first kappa shape index (κ1) is 9.15. The van der Waals surface area contributed by atoms with Crippen molar-refractivity contribution in [2.75, 3.05) is 0 Å². The van der Waals surface area contributed by atoms with Crippen LogP contribution in [0.1, 0.15) is 10.4 Å². The van der Waals surface area contributed by atoms with Gasteiger partial charge in [-0.25, -0.2) is 9.87 Å². The van der Waals surface area contributed by atoms with Crippen LogP contribution in [-0.4, -0.2) is 11.1 Å². The monoisotopic (exact) mass is 233 g/mol. The lowest BCUT2D eigenvalue weighted by Gasteiger charge is -1.99. The Morgan fingerprint density at radius 2 is 2.25 bits per heavy atom. The van der Waals surface area contributed by atoms with Crippen LogP contribution in [0.4, 0.5) is 4.39 Å². The molecule has 0 fully saturated rings. The van der Waals surface area contributed by atoms with E-state index in [4.69, 9.17) is 5.21 Å². The van der Waals surface area contributed by atoms with Gasteiger partial charge in [-0.05, 0) is 18.2 Å². The molecule has 0 aliphatic rings. The molecule has 0 aliphatic carbocycles. The number of amides is 1. The van der Waals surface area contributed by atoms with Crippen LogP contribution in [0.2, 0.25) is 0 Å². The fraction of sp³-hybridized carbons (Fsp3) is 0. The van der Waals surface area contributed by atoms with Crippen molar-refractivity contribution in [3.8, 4) is 0 Å². The van der Waals surface area contributed by atoms with Gasteiger partial charge in [-0.15, -0.1) is 0 Å². The quantitative estimate of drug-likeness (QED) is 0.574. The Hall–Kier alpha value is -0.940. The number of rotatable bonds is 1. The topological polar surface area (TPSA) is 49.3 Å². The van der Waals surface area contributed by atoms with Crippen molar-refractivity contribution in [2.24, 2.45) is 0 Å². The zero-order chi connectivity index (χ0) is 9.14. The Morgan fingerprint density at radius 3 is 2.75 bits per heavy atom. The minimum Gasteiger partial charge on any atom is -0.288 e. The summed E-state index contributed by atoms with van der Waals surface area (Å²) in [6.45, 7) is 0. The van der Waals surface area contributed by atoms with E-state index >= 15 is 0 Å². The fourth-order valence-corrected chi connectivity index (χ4v) is 1.07. The summed E-state index contributed by atoms with van der Waals surface area (Å²) in [7, 11) is 0. The normalized spacial score (nSPS) is 9.58. The van der Waals surface area contributed by atoms with Gasteiger partial charge >= 0.3 is 0 Å². The molecule has 0 radical (unpaired) electrons. The van der Waals surface area contributed by atoms with Crippen molar-refractivity contribution in [3.63, 3.8) is 0 Å². The number of benzene rings is 1. The molecule has 3 nitrogen and oxygen atoms in total. The molecule has 5 heteroatoms. The first-order valence-corrected chi connectivity index (χ1v) is 3.84. The van der Waals surface area contributed by atoms with E-state index in [1.807, 2.05) is 0 Å². The highest BCUT2D eigenvalue weighted by atomic mass is 79.9. The van der Waals surface area contributed by atoms with Crippen molar-refractivity contribution in [2.45, 2.75) is 0 Å². The molecule has 64 valence electrons. The highest BCUT2D eigenvalue weighted by Gasteiger charge is 2.09. The Labute approximate surface area is 76.3 Å². The van der Waals surface area contributed by atoms with E-state index in [0.717, 1.165) is 6.07 Å². The van der Waals surface area contributed by atoms with Crippen LogP contribution >= 0.6 is 15.9 Å². The Kier molecular flexibility index (Phi) is 2.78. The van der Waals surface area contributed by atoms with Crippen LogP contribution in [-0.2, 0) is 0 Å². The van der Waals surface area contributed by atoms with Crippen LogP contribution < -0.4 is 5.48 Å². The van der Waals surface area contributed by atoms with Gasteiger partial charge in [0.1, 0.15) is 5.82 Å². The van der Waals surface area contributed by atoms with Gasteiger partial charge in [-0.3, -0.25) is 10.0 Å². The van der Waals surface area contributed by atoms with Gasteiger partial charge in [0.15, 0.2) is 0 Å². The number of hydrogen-bond acceptors (Lipinski definition) is 2. The second kappa shape index (κ2) is 3.64. The average Bonchev–Trinajstić information content (AvgIpc) is 2.03. The number of halogens is 2. The van der Waals surface area contributed by atoms with Gasteiger partial charge in [-0.2, -0.15) is 0 Å². The summed E-state index contributed by atoms with van der Waals surface area (Å²) < 4.78 is 13.4. The highest BCUT2D eigenvalue weighted by molar-refractivity contribution is 9.10. The summed E-state index contributed by atoms with van der Waals surface area (Å²) in [4.78, 5) is 10.7. The Morgan fingerprint density at radius 1 is 1.58 bits per heavy atom. The van der Waals surface area contributed by atoms with Crippen molar-refractivity contribution in [3.05, 3.63) is 34.1 Å². The maximum absolute atomic E-state index is 12.9. The van der Waals surface area contributed by atoms with E-state index in [9.17, 15) is 9.18 Å². The van der Waals surface area contributed by atoms with Gasteiger partial charge in [0.05, 0.1) is 5.56 Å². The highest BCUT2D eigenvalue weighted by Crippen LogP contribution is 2.14. The molecule has 0 unspecified atom stereocenters. The van der Waals surface area contributed by atoms with Crippen LogP contribution in [0.5, 0.6) is 0 Å². The Balaban J connectivity index is 3.09. The van der Waals surface area contributed by atoms with Gasteiger partial charge in [0.2, 0.25) is 0 Å². The molecule has 1 amide bonds. The molecular weight excluding hydrogens is 229 g/mol. The first-order chi connectivity index (χ1) is 5.65. The van der Waals surface area contributed by atoms with Gasteiger partial charge in [0, 0.05) is 4.47 Å². The molecule has 0 bridgehead atoms. The van der Waals surface area contributed by atoms with E-state index in [0.29, 0.717) is 4.47 Å². The number of carbonyl (C=O) groups excluding carboxylic acids is 1. The van der Waals surface area contributed by atoms with Gasteiger partial charge in [0.25, 0.3) is 5.91 Å². The summed E-state index contributed by atoms with van der Waals surface area (Å²) >= 11 is 3.03. The smallest absolute Gasteiger partial charge is 0.277 e. The molecule has 1 aromatic rings. The van der Waals surface area contributed by atoms with Crippen molar-refractivity contribution in [1.29, 1.82) is 0 Å². The van der Waals surface area contributed by atoms with E-state index < -0.39 is 11.7 Å². The number of hydroxylamine groups is 1. The third-order valence-corrected chi connectivity index (χ3v) is 1.77. The second-order valence-corrected chi connectivity index (χ2v) is 2.98. The molecule has 1 aromatic carbocycles. The lowest BCUT2D eigenvalue weighted by molar-refractivity contribution is 0.0702. The lowest BCUT2D eigenvalue weighted by Crippen LogP contribution is -2.19. The molecule has 1 rings (SSSR count). The molecule has 0 spiro atoms. The SMILES string of the molecule is O=C(NO)c1ccc(Br)cc1F. The third kappa shape index (κ3) is 1.80. The maximum Gasteiger partial charge on any atom is 0.277 e. The molecule has 0 saturated carbocycles. The average molecular weight is 234 g/mol. The minimum absolute atomic E-state index is 0.194. The van der Waals surface area contributed by atoms with E-state index in [-0.39, 0.29) is 5.56 Å². The zero-order valence-electron chi connectivity index (χ0n) is 5.84. The zero-order valence-corrected chi connectivity index (χ0v) is 7.43. The van der Waals surface area contributed by atoms with E-state index in [2.05, 4.69) is 15.9 Å². The summed E-state index contributed by atoms with van der Waals surface area (Å²) in [6.07, 6.45) is 0. The Bertz CT molecular complexity index is 316. The van der Waals surface area contributed by atoms with Crippen molar-refractivity contribution in [1.82, 2.24) is 5.48 Å². The van der Waals surface area contributed by atoms with Crippen LogP contribution in [0.3, 0.4) is 0 Å². The molecule has 0 heterocycles. The maximum atomic E-state index is 12.9. The van der Waals surface area contributed by atoms with Crippen LogP contribution in [0, 0.1) is 5.82 Å². The van der Waals surface area contributed by atoms with E-state index in [1.54, 1.807) is 0 Å². The van der Waals surface area contributed by atoms with Crippen molar-refractivity contribution >= 4 is 21.8 Å². The molecule has 0 aromatic heterocycles. The molecule has 0 saturated heterocycles. The number of nitrogens with one attached hydrogen (secondary N) is 1. The predicted octanol–water partition coefficient (Wildman–Crippen LogP) is 1.71. The first-order valence-electron chi connectivity index (χ1n) is 3.04. The van der Waals surface area contributed by atoms with Crippen LogP contribution in [0.15, 0.2) is 22.7 Å². The molecule has 2 N–H and O–H groups in total. The summed E-state index contributed by atoms with van der Waals surface area (Å²) in [6, 6.07) is 3.92. The third-order valence-electron chi connectivity index (χ3n) is 1.28. The van der Waals surface area contributed by atoms with Gasteiger partial charge < -0.3 is 0 Å². The molecule has 0 aliphatic heterocycles. The molecule has 0 atom stereocenters. The predicted molar refractivity (Wildman–Crippen MR) is 43.4 cm³/mol. The molecule has 12 heavy (non-hydrogen) atoms. The standard InChI is InChI=1S/C7H5BrFNO2/c8-4-1-2-5(6(9)3-4)7(11)10-12/h1-3,12H,(H,10,11). The summed E-state index contributed by atoms with van der Waals surface area (Å²) in [5, 5.41) is 8.20. The van der Waals surface area contributed by atoms with Gasteiger partial charge in [-0.1, -0.05) is 15.9 Å². The molecular formula is C7H5BrFNO2. The fourth-order valence-electron chi connectivity index (χ4n) is 0.734. The summed E-state index contributed by atoms with van der Waals surface area (Å²) in [5.74, 6) is -1.55. The largest absolute Gasteiger partial charge is 0.288 e. The second-order valence-electron chi connectivity index (χ2n) is 2.07. The van der Waals surface area contributed by atoms with E-state index in [1.165, 1.54) is 17.6 Å². The summed E-state index contributed by atoms with van der Waals surface area (Å²) in [5.41, 5.74) is 1.15. The van der Waals surface area contributed by atoms with Crippen molar-refractivity contribution < 1.29 is 14.4 Å².